The zero-order valence-electron chi connectivity index (χ0n) is 15.5. The number of rotatable bonds is 4. The molecule has 1 aromatic heterocycles. The lowest BCUT2D eigenvalue weighted by molar-refractivity contribution is -0.137. The lowest BCUT2D eigenvalue weighted by Gasteiger charge is -2.33. The van der Waals surface area contributed by atoms with Crippen molar-refractivity contribution in [2.75, 3.05) is 31.6 Å². The number of carbonyl (C=O) groups excluding carboxylic acids is 2. The molecule has 1 aromatic carbocycles. The van der Waals surface area contributed by atoms with Gasteiger partial charge in [0.15, 0.2) is 0 Å². The molecule has 2 aliphatic rings. The number of anilines is 1. The molecule has 0 spiro atoms. The zero-order valence-corrected chi connectivity index (χ0v) is 15.5. The molecule has 0 bridgehead atoms. The van der Waals surface area contributed by atoms with Gasteiger partial charge in [-0.25, -0.2) is 0 Å². The Morgan fingerprint density at radius 3 is 2.67 bits per heavy atom. The SMILES string of the molecule is COc1ccccc1N1CC(C(=O)N2CCC(n3cccn3)CC2)CC1=O. The van der Waals surface area contributed by atoms with Crippen molar-refractivity contribution in [3.8, 4) is 5.75 Å². The van der Waals surface area contributed by atoms with E-state index in [1.807, 2.05) is 46.1 Å². The van der Waals surface area contributed by atoms with Crippen LogP contribution in [0, 0.1) is 5.92 Å². The fourth-order valence-corrected chi connectivity index (χ4v) is 4.06. The largest absolute Gasteiger partial charge is 0.495 e. The van der Waals surface area contributed by atoms with Gasteiger partial charge >= 0.3 is 0 Å². The van der Waals surface area contributed by atoms with Crippen LogP contribution >= 0.6 is 0 Å². The van der Waals surface area contributed by atoms with Crippen molar-refractivity contribution in [1.29, 1.82) is 0 Å². The molecule has 2 amide bonds. The summed E-state index contributed by atoms with van der Waals surface area (Å²) in [4.78, 5) is 29.1. The van der Waals surface area contributed by atoms with Crippen LogP contribution in [-0.2, 0) is 9.59 Å². The first-order chi connectivity index (χ1) is 13.2. The summed E-state index contributed by atoms with van der Waals surface area (Å²) in [6.45, 7) is 1.84. The summed E-state index contributed by atoms with van der Waals surface area (Å²) >= 11 is 0. The van der Waals surface area contributed by atoms with Crippen LogP contribution in [0.1, 0.15) is 25.3 Å². The van der Waals surface area contributed by atoms with E-state index in [2.05, 4.69) is 5.10 Å². The molecule has 142 valence electrons. The summed E-state index contributed by atoms with van der Waals surface area (Å²) in [5, 5.41) is 4.31. The van der Waals surface area contributed by atoms with Crippen molar-refractivity contribution in [2.45, 2.75) is 25.3 Å². The fourth-order valence-electron chi connectivity index (χ4n) is 4.06. The minimum Gasteiger partial charge on any atom is -0.495 e. The molecule has 2 aromatic rings. The van der Waals surface area contributed by atoms with Gasteiger partial charge < -0.3 is 14.5 Å². The number of benzene rings is 1. The lowest BCUT2D eigenvalue weighted by Crippen LogP contribution is -2.43. The predicted octanol–water partition coefficient (Wildman–Crippen LogP) is 2.11. The van der Waals surface area contributed by atoms with E-state index in [9.17, 15) is 9.59 Å². The summed E-state index contributed by atoms with van der Waals surface area (Å²) in [7, 11) is 1.59. The highest BCUT2D eigenvalue weighted by atomic mass is 16.5. The molecule has 0 saturated carbocycles. The van der Waals surface area contributed by atoms with E-state index in [0.29, 0.717) is 31.4 Å². The van der Waals surface area contributed by atoms with E-state index >= 15 is 0 Å². The van der Waals surface area contributed by atoms with Gasteiger partial charge in [-0.15, -0.1) is 0 Å². The molecule has 27 heavy (non-hydrogen) atoms. The van der Waals surface area contributed by atoms with Crippen LogP contribution in [0.5, 0.6) is 5.75 Å². The summed E-state index contributed by atoms with van der Waals surface area (Å²) in [5.41, 5.74) is 0.734. The van der Waals surface area contributed by atoms with Crippen LogP contribution in [0.25, 0.3) is 0 Å². The van der Waals surface area contributed by atoms with Gasteiger partial charge in [-0.05, 0) is 31.0 Å². The van der Waals surface area contributed by atoms with E-state index in [-0.39, 0.29) is 24.2 Å². The number of hydrogen-bond donors (Lipinski definition) is 0. The Morgan fingerprint density at radius 1 is 1.19 bits per heavy atom. The molecular formula is C20H24N4O3. The molecule has 3 heterocycles. The van der Waals surface area contributed by atoms with E-state index in [0.717, 1.165) is 18.5 Å². The maximum Gasteiger partial charge on any atom is 0.228 e. The van der Waals surface area contributed by atoms with Gasteiger partial charge in [0.1, 0.15) is 5.75 Å². The van der Waals surface area contributed by atoms with E-state index in [1.54, 1.807) is 18.2 Å². The summed E-state index contributed by atoms with van der Waals surface area (Å²) in [6.07, 6.45) is 5.81. The average Bonchev–Trinajstić information content (AvgIpc) is 3.37. The van der Waals surface area contributed by atoms with Crippen molar-refractivity contribution in [2.24, 2.45) is 5.92 Å². The topological polar surface area (TPSA) is 67.7 Å². The highest BCUT2D eigenvalue weighted by Crippen LogP contribution is 2.34. The number of nitrogens with zero attached hydrogens (tertiary/aromatic N) is 4. The molecule has 0 aliphatic carbocycles. The number of carbonyl (C=O) groups is 2. The third-order valence-electron chi connectivity index (χ3n) is 5.53. The number of ether oxygens (including phenoxy) is 1. The second-order valence-electron chi connectivity index (χ2n) is 7.12. The van der Waals surface area contributed by atoms with Crippen LogP contribution in [0.2, 0.25) is 0 Å². The zero-order chi connectivity index (χ0) is 18.8. The summed E-state index contributed by atoms with van der Waals surface area (Å²) < 4.78 is 7.34. The van der Waals surface area contributed by atoms with Crippen molar-refractivity contribution in [3.05, 3.63) is 42.7 Å². The van der Waals surface area contributed by atoms with Crippen LogP contribution in [0.15, 0.2) is 42.7 Å². The molecule has 0 radical (unpaired) electrons. The number of para-hydroxylation sites is 2. The maximum atomic E-state index is 13.0. The molecule has 2 saturated heterocycles. The van der Waals surface area contributed by atoms with Gasteiger partial charge in [0, 0.05) is 38.4 Å². The minimum absolute atomic E-state index is 0.0238. The van der Waals surface area contributed by atoms with Crippen LogP contribution in [-0.4, -0.2) is 53.2 Å². The molecule has 2 aliphatic heterocycles. The van der Waals surface area contributed by atoms with Gasteiger partial charge in [0.2, 0.25) is 11.8 Å². The van der Waals surface area contributed by atoms with Crippen LogP contribution in [0.4, 0.5) is 5.69 Å². The van der Waals surface area contributed by atoms with Crippen molar-refractivity contribution in [1.82, 2.24) is 14.7 Å². The third-order valence-corrected chi connectivity index (χ3v) is 5.53. The molecule has 7 nitrogen and oxygen atoms in total. The van der Waals surface area contributed by atoms with Crippen molar-refractivity contribution < 1.29 is 14.3 Å². The van der Waals surface area contributed by atoms with Crippen LogP contribution < -0.4 is 9.64 Å². The fraction of sp³-hybridized carbons (Fsp3) is 0.450. The summed E-state index contributed by atoms with van der Waals surface area (Å²) in [5.74, 6) is 0.423. The third kappa shape index (κ3) is 3.41. The lowest BCUT2D eigenvalue weighted by atomic mass is 10.0. The number of piperidine rings is 1. The molecule has 0 N–H and O–H groups in total. The van der Waals surface area contributed by atoms with E-state index in [4.69, 9.17) is 4.74 Å². The number of methoxy groups -OCH3 is 1. The average molecular weight is 368 g/mol. The number of aromatic nitrogens is 2. The Labute approximate surface area is 158 Å². The number of hydrogen-bond acceptors (Lipinski definition) is 4. The van der Waals surface area contributed by atoms with E-state index < -0.39 is 0 Å². The monoisotopic (exact) mass is 368 g/mol. The van der Waals surface area contributed by atoms with Gasteiger partial charge in [-0.1, -0.05) is 12.1 Å². The Hall–Kier alpha value is -2.83. The highest BCUT2D eigenvalue weighted by Gasteiger charge is 2.39. The van der Waals surface area contributed by atoms with Gasteiger partial charge in [-0.2, -0.15) is 5.10 Å². The molecule has 4 rings (SSSR count). The predicted molar refractivity (Wildman–Crippen MR) is 101 cm³/mol. The van der Waals surface area contributed by atoms with Gasteiger partial charge in [0.25, 0.3) is 0 Å². The molecule has 1 unspecified atom stereocenters. The van der Waals surface area contributed by atoms with Gasteiger partial charge in [-0.3, -0.25) is 14.3 Å². The first-order valence-corrected chi connectivity index (χ1v) is 9.38. The second-order valence-corrected chi connectivity index (χ2v) is 7.12. The Kier molecular flexibility index (Phi) is 4.83. The number of likely N-dealkylation sites (tertiary alicyclic amines) is 1. The van der Waals surface area contributed by atoms with Crippen molar-refractivity contribution >= 4 is 17.5 Å². The Bertz CT molecular complexity index is 812. The Balaban J connectivity index is 1.40. The first kappa shape index (κ1) is 17.6. The van der Waals surface area contributed by atoms with Crippen molar-refractivity contribution in [3.63, 3.8) is 0 Å². The smallest absolute Gasteiger partial charge is 0.228 e. The second kappa shape index (κ2) is 7.42. The first-order valence-electron chi connectivity index (χ1n) is 9.38. The number of amides is 2. The van der Waals surface area contributed by atoms with Crippen LogP contribution in [0.3, 0.4) is 0 Å². The molecular weight excluding hydrogens is 344 g/mol. The van der Waals surface area contributed by atoms with Gasteiger partial charge in [0.05, 0.1) is 24.8 Å². The standard InChI is InChI=1S/C20H24N4O3/c1-27-18-6-3-2-5-17(18)23-14-15(13-19(23)25)20(26)22-11-7-16(8-12-22)24-10-4-9-21-24/h2-6,9-10,15-16H,7-8,11-14H2,1H3. The molecule has 7 heteroatoms. The normalized spacial score (nSPS) is 20.9. The Morgan fingerprint density at radius 2 is 1.96 bits per heavy atom. The molecule has 1 atom stereocenters. The minimum atomic E-state index is -0.288. The summed E-state index contributed by atoms with van der Waals surface area (Å²) in [6, 6.07) is 9.71. The highest BCUT2D eigenvalue weighted by molar-refractivity contribution is 6.01. The quantitative estimate of drug-likeness (QED) is 0.829. The maximum absolute atomic E-state index is 13.0. The van der Waals surface area contributed by atoms with E-state index in [1.165, 1.54) is 0 Å². The molecule has 2 fully saturated rings.